The van der Waals surface area contributed by atoms with Gasteiger partial charge in [0, 0.05) is 18.3 Å². The zero-order valence-corrected chi connectivity index (χ0v) is 10.8. The summed E-state index contributed by atoms with van der Waals surface area (Å²) in [6.45, 7) is 4.68. The Morgan fingerprint density at radius 2 is 2.31 bits per heavy atom. The summed E-state index contributed by atoms with van der Waals surface area (Å²) in [6, 6.07) is 0. The van der Waals surface area contributed by atoms with Crippen molar-refractivity contribution in [3.05, 3.63) is 0 Å². The Balaban J connectivity index is 1.39. The smallest absolute Gasteiger partial charge is 0.156 e. The van der Waals surface area contributed by atoms with Crippen molar-refractivity contribution in [2.24, 2.45) is 16.8 Å². The van der Waals surface area contributed by atoms with Crippen LogP contribution < -0.4 is 5.32 Å². The van der Waals surface area contributed by atoms with Crippen LogP contribution in [0, 0.1) is 11.8 Å². The van der Waals surface area contributed by atoms with Gasteiger partial charge in [-0.05, 0) is 44.7 Å². The number of thioether (sulfide) groups is 1. The lowest BCUT2D eigenvalue weighted by Crippen LogP contribution is -2.28. The van der Waals surface area contributed by atoms with Crippen LogP contribution in [0.4, 0.5) is 0 Å². The molecular weight excluding hydrogens is 218 g/mol. The number of nitrogens with zero attached hydrogens (tertiary/aromatic N) is 2. The van der Waals surface area contributed by atoms with Gasteiger partial charge in [-0.3, -0.25) is 4.99 Å². The fraction of sp³-hybridized carbons (Fsp3) is 0.917. The van der Waals surface area contributed by atoms with E-state index in [1.165, 1.54) is 37.5 Å². The van der Waals surface area contributed by atoms with E-state index in [-0.39, 0.29) is 0 Å². The Labute approximate surface area is 102 Å². The molecule has 0 spiro atoms. The molecule has 2 heterocycles. The van der Waals surface area contributed by atoms with Crippen molar-refractivity contribution in [3.8, 4) is 0 Å². The quantitative estimate of drug-likeness (QED) is 0.807. The highest BCUT2D eigenvalue weighted by molar-refractivity contribution is 8.14. The van der Waals surface area contributed by atoms with Gasteiger partial charge in [0.05, 0.1) is 6.54 Å². The van der Waals surface area contributed by atoms with Gasteiger partial charge in [0.2, 0.25) is 0 Å². The summed E-state index contributed by atoms with van der Waals surface area (Å²) in [7, 11) is 2.21. The predicted octanol–water partition coefficient (Wildman–Crippen LogP) is 1.41. The van der Waals surface area contributed by atoms with Crippen molar-refractivity contribution >= 4 is 16.9 Å². The fourth-order valence-electron chi connectivity index (χ4n) is 2.63. The van der Waals surface area contributed by atoms with Gasteiger partial charge in [-0.2, -0.15) is 0 Å². The highest BCUT2D eigenvalue weighted by atomic mass is 32.2. The van der Waals surface area contributed by atoms with E-state index in [0.717, 1.165) is 30.2 Å². The third kappa shape index (κ3) is 2.54. The first-order valence-electron chi connectivity index (χ1n) is 6.45. The highest BCUT2D eigenvalue weighted by Crippen LogP contribution is 2.41. The van der Waals surface area contributed by atoms with Crippen molar-refractivity contribution in [2.75, 3.05) is 33.2 Å². The topological polar surface area (TPSA) is 27.6 Å². The van der Waals surface area contributed by atoms with Gasteiger partial charge in [0.15, 0.2) is 5.17 Å². The van der Waals surface area contributed by atoms with Crippen LogP contribution in [0.1, 0.15) is 19.3 Å². The molecule has 0 radical (unpaired) electrons. The molecule has 2 fully saturated rings. The van der Waals surface area contributed by atoms with Gasteiger partial charge in [-0.15, -0.1) is 0 Å². The van der Waals surface area contributed by atoms with Crippen LogP contribution in [-0.2, 0) is 0 Å². The van der Waals surface area contributed by atoms with Gasteiger partial charge in [-0.1, -0.05) is 11.8 Å². The molecular formula is C12H21N3S. The zero-order valence-electron chi connectivity index (χ0n) is 9.98. The SMILES string of the molecule is CN1CCC(CNC2=NCC(C3CC3)S2)C1. The maximum absolute atomic E-state index is 4.61. The molecule has 0 aromatic rings. The summed E-state index contributed by atoms with van der Waals surface area (Å²) >= 11 is 1.99. The summed E-state index contributed by atoms with van der Waals surface area (Å²) in [5.74, 6) is 1.80. The van der Waals surface area contributed by atoms with Crippen LogP contribution >= 0.6 is 11.8 Å². The van der Waals surface area contributed by atoms with Crippen LogP contribution in [-0.4, -0.2) is 48.5 Å². The Morgan fingerprint density at radius 3 is 3.00 bits per heavy atom. The molecule has 1 aliphatic carbocycles. The normalized spacial score (nSPS) is 35.4. The van der Waals surface area contributed by atoms with Gasteiger partial charge in [0.25, 0.3) is 0 Å². The lowest BCUT2D eigenvalue weighted by atomic mass is 10.1. The average molecular weight is 239 g/mol. The Bertz CT molecular complexity index is 288. The lowest BCUT2D eigenvalue weighted by Gasteiger charge is -2.12. The summed E-state index contributed by atoms with van der Waals surface area (Å²) in [6.07, 6.45) is 4.22. The third-order valence-electron chi connectivity index (χ3n) is 3.86. The molecule has 0 amide bonds. The number of nitrogens with one attached hydrogen (secondary N) is 1. The maximum atomic E-state index is 4.61. The first kappa shape index (κ1) is 10.9. The van der Waals surface area contributed by atoms with Gasteiger partial charge in [-0.25, -0.2) is 0 Å². The number of aliphatic imine (C=N–C) groups is 1. The summed E-state index contributed by atoms with van der Waals surface area (Å²) < 4.78 is 0. The van der Waals surface area contributed by atoms with E-state index in [0.29, 0.717) is 0 Å². The van der Waals surface area contributed by atoms with E-state index in [1.807, 2.05) is 11.8 Å². The maximum Gasteiger partial charge on any atom is 0.156 e. The van der Waals surface area contributed by atoms with Gasteiger partial charge < -0.3 is 10.2 Å². The van der Waals surface area contributed by atoms with Crippen molar-refractivity contribution in [2.45, 2.75) is 24.5 Å². The molecule has 3 nitrogen and oxygen atoms in total. The summed E-state index contributed by atoms with van der Waals surface area (Å²) in [5.41, 5.74) is 0. The van der Waals surface area contributed by atoms with E-state index in [2.05, 4.69) is 22.3 Å². The first-order chi connectivity index (χ1) is 7.81. The summed E-state index contributed by atoms with van der Waals surface area (Å²) in [5, 5.41) is 5.56. The first-order valence-corrected chi connectivity index (χ1v) is 7.33. The Morgan fingerprint density at radius 1 is 1.44 bits per heavy atom. The minimum Gasteiger partial charge on any atom is -0.365 e. The van der Waals surface area contributed by atoms with Crippen LogP contribution in [0.2, 0.25) is 0 Å². The molecule has 4 heteroatoms. The minimum absolute atomic E-state index is 0.800. The molecule has 1 N–H and O–H groups in total. The van der Waals surface area contributed by atoms with Crippen LogP contribution in [0.25, 0.3) is 0 Å². The number of hydrogen-bond donors (Lipinski definition) is 1. The molecule has 16 heavy (non-hydrogen) atoms. The second-order valence-corrected chi connectivity index (χ2v) is 6.67. The fourth-order valence-corrected chi connectivity index (χ4v) is 3.84. The van der Waals surface area contributed by atoms with Crippen LogP contribution in [0.3, 0.4) is 0 Å². The zero-order chi connectivity index (χ0) is 11.0. The van der Waals surface area contributed by atoms with Gasteiger partial charge in [0.1, 0.15) is 0 Å². The van der Waals surface area contributed by atoms with E-state index in [4.69, 9.17) is 0 Å². The number of hydrogen-bond acceptors (Lipinski definition) is 4. The van der Waals surface area contributed by atoms with Crippen LogP contribution in [0.15, 0.2) is 4.99 Å². The van der Waals surface area contributed by atoms with E-state index in [9.17, 15) is 0 Å². The molecule has 2 atom stereocenters. The van der Waals surface area contributed by atoms with Crippen molar-refractivity contribution in [1.82, 2.24) is 10.2 Å². The molecule has 2 aliphatic heterocycles. The molecule has 3 rings (SSSR count). The second-order valence-electron chi connectivity index (χ2n) is 5.44. The van der Waals surface area contributed by atoms with Crippen molar-refractivity contribution in [1.29, 1.82) is 0 Å². The largest absolute Gasteiger partial charge is 0.365 e. The molecule has 0 bridgehead atoms. The third-order valence-corrected chi connectivity index (χ3v) is 5.19. The molecule has 1 saturated heterocycles. The molecule has 1 saturated carbocycles. The summed E-state index contributed by atoms with van der Waals surface area (Å²) in [4.78, 5) is 7.03. The van der Waals surface area contributed by atoms with Crippen molar-refractivity contribution < 1.29 is 0 Å². The van der Waals surface area contributed by atoms with E-state index >= 15 is 0 Å². The Kier molecular flexibility index (Phi) is 3.11. The van der Waals surface area contributed by atoms with Crippen LogP contribution in [0.5, 0.6) is 0 Å². The number of likely N-dealkylation sites (tertiary alicyclic amines) is 1. The van der Waals surface area contributed by atoms with Gasteiger partial charge >= 0.3 is 0 Å². The standard InChI is InChI=1S/C12H21N3S/c1-15-5-4-9(8-15)6-13-12-14-7-11(16-12)10-2-3-10/h9-11H,2-8H2,1H3,(H,13,14). The number of rotatable bonds is 3. The van der Waals surface area contributed by atoms with E-state index in [1.54, 1.807) is 0 Å². The van der Waals surface area contributed by atoms with E-state index < -0.39 is 0 Å². The molecule has 90 valence electrons. The second kappa shape index (κ2) is 4.57. The molecule has 0 aromatic heterocycles. The minimum atomic E-state index is 0.800. The highest BCUT2D eigenvalue weighted by Gasteiger charge is 2.35. The molecule has 2 unspecified atom stereocenters. The van der Waals surface area contributed by atoms with Crippen molar-refractivity contribution in [3.63, 3.8) is 0 Å². The lowest BCUT2D eigenvalue weighted by molar-refractivity contribution is 0.394. The average Bonchev–Trinajstić information content (AvgIpc) is 2.87. The molecule has 3 aliphatic rings. The molecule has 0 aromatic carbocycles. The predicted molar refractivity (Wildman–Crippen MR) is 70.0 cm³/mol. The number of amidine groups is 1. The Hall–Kier alpha value is -0.220. The monoisotopic (exact) mass is 239 g/mol.